The molecule has 0 saturated heterocycles. The summed E-state index contributed by atoms with van der Waals surface area (Å²) in [6, 6.07) is 2.06. The molecule has 50 valence electrons. The molecular weight excluding hydrogens is 132 g/mol. The highest BCUT2D eigenvalue weighted by atomic mass is 32.2. The number of nitrogens with one attached hydrogen (secondary N) is 1. The molecule has 3 heteroatoms. The summed E-state index contributed by atoms with van der Waals surface area (Å²) >= 11 is 1.55. The normalized spacial score (nSPS) is 11.8. The first-order chi connectivity index (χ1) is 4.26. The highest BCUT2D eigenvalue weighted by molar-refractivity contribution is 8.02. The zero-order valence-corrected chi connectivity index (χ0v) is 6.67. The molecule has 0 unspecified atom stereocenters. The number of thioether (sulfide) groups is 1. The van der Waals surface area contributed by atoms with E-state index in [1.807, 2.05) is 13.3 Å². The third-order valence-electron chi connectivity index (χ3n) is 0.939. The van der Waals surface area contributed by atoms with Crippen molar-refractivity contribution in [2.24, 2.45) is 0 Å². The third-order valence-corrected chi connectivity index (χ3v) is 1.86. The van der Waals surface area contributed by atoms with Crippen molar-refractivity contribution in [3.05, 3.63) is 10.6 Å². The molecule has 0 amide bonds. The van der Waals surface area contributed by atoms with Gasteiger partial charge >= 0.3 is 0 Å². The summed E-state index contributed by atoms with van der Waals surface area (Å²) in [7, 11) is 1.81. The Labute approximate surface area is 59.9 Å². The molecule has 9 heavy (non-hydrogen) atoms. The zero-order chi connectivity index (χ0) is 7.28. The van der Waals surface area contributed by atoms with Gasteiger partial charge in [0.15, 0.2) is 0 Å². The van der Waals surface area contributed by atoms with Crippen molar-refractivity contribution in [2.75, 3.05) is 13.3 Å². The van der Waals surface area contributed by atoms with Crippen LogP contribution in [-0.4, -0.2) is 13.3 Å². The first kappa shape index (κ1) is 8.38. The predicted molar refractivity (Wildman–Crippen MR) is 40.9 cm³/mol. The van der Waals surface area contributed by atoms with Crippen LogP contribution >= 0.6 is 11.8 Å². The van der Waals surface area contributed by atoms with Gasteiger partial charge in [0.2, 0.25) is 0 Å². The van der Waals surface area contributed by atoms with Crippen LogP contribution in [0.15, 0.2) is 10.6 Å². The van der Waals surface area contributed by atoms with Gasteiger partial charge in [0.05, 0.1) is 16.7 Å². The topological polar surface area (TPSA) is 35.8 Å². The fourth-order valence-corrected chi connectivity index (χ4v) is 1.05. The summed E-state index contributed by atoms with van der Waals surface area (Å²) in [6.07, 6.45) is 1.94. The lowest BCUT2D eigenvalue weighted by atomic mass is 10.4. The zero-order valence-electron chi connectivity index (χ0n) is 5.86. The summed E-state index contributed by atoms with van der Waals surface area (Å²) in [5.41, 5.74) is 0.741. The molecule has 1 N–H and O–H groups in total. The minimum Gasteiger partial charge on any atom is -0.382 e. The average Bonchev–Trinajstić information content (AvgIpc) is 1.90. The van der Waals surface area contributed by atoms with Crippen molar-refractivity contribution in [1.82, 2.24) is 5.32 Å². The molecule has 0 aliphatic heterocycles. The molecule has 0 bridgehead atoms. The molecule has 0 atom stereocenters. The van der Waals surface area contributed by atoms with Gasteiger partial charge < -0.3 is 5.32 Å². The predicted octanol–water partition coefficient (Wildman–Crippen LogP) is 1.32. The molecular formula is C6H10N2S. The first-order valence-electron chi connectivity index (χ1n) is 2.59. The van der Waals surface area contributed by atoms with E-state index < -0.39 is 0 Å². The van der Waals surface area contributed by atoms with Gasteiger partial charge in [-0.3, -0.25) is 0 Å². The summed E-state index contributed by atoms with van der Waals surface area (Å²) in [4.78, 5) is 0. The van der Waals surface area contributed by atoms with E-state index >= 15 is 0 Å². The number of hydrogen-bond donors (Lipinski definition) is 1. The molecule has 0 radical (unpaired) electrons. The molecule has 0 heterocycles. The van der Waals surface area contributed by atoms with Crippen LogP contribution in [-0.2, 0) is 0 Å². The average molecular weight is 142 g/mol. The van der Waals surface area contributed by atoms with Gasteiger partial charge in [-0.25, -0.2) is 0 Å². The largest absolute Gasteiger partial charge is 0.382 e. The monoisotopic (exact) mass is 142 g/mol. The Kier molecular flexibility index (Phi) is 3.98. The Morgan fingerprint density at radius 3 is 2.33 bits per heavy atom. The highest BCUT2D eigenvalue weighted by Gasteiger charge is 1.94. The van der Waals surface area contributed by atoms with E-state index in [1.54, 1.807) is 18.7 Å². The van der Waals surface area contributed by atoms with E-state index in [9.17, 15) is 0 Å². The Bertz CT molecular complexity index is 149. The van der Waals surface area contributed by atoms with E-state index in [-0.39, 0.29) is 0 Å². The van der Waals surface area contributed by atoms with Crippen LogP contribution in [0.4, 0.5) is 0 Å². The SMILES string of the molecule is CN/C(SC)=C(\C)C#N. The van der Waals surface area contributed by atoms with Gasteiger partial charge in [-0.2, -0.15) is 5.26 Å². The maximum atomic E-state index is 8.41. The van der Waals surface area contributed by atoms with Crippen LogP contribution in [0.3, 0.4) is 0 Å². The van der Waals surface area contributed by atoms with E-state index in [1.165, 1.54) is 0 Å². The van der Waals surface area contributed by atoms with E-state index in [0.29, 0.717) is 0 Å². The molecule has 0 saturated carbocycles. The maximum absolute atomic E-state index is 8.41. The Hall–Kier alpha value is -0.620. The second kappa shape index (κ2) is 4.28. The van der Waals surface area contributed by atoms with Crippen molar-refractivity contribution < 1.29 is 0 Å². The molecule has 0 aromatic rings. The lowest BCUT2D eigenvalue weighted by Crippen LogP contribution is -2.03. The second-order valence-electron chi connectivity index (χ2n) is 1.52. The molecule has 0 aromatic carbocycles. The fourth-order valence-electron chi connectivity index (χ4n) is 0.493. The van der Waals surface area contributed by atoms with Gasteiger partial charge in [-0.05, 0) is 13.2 Å². The number of allylic oxidation sites excluding steroid dienone is 1. The lowest BCUT2D eigenvalue weighted by molar-refractivity contribution is 1.06. The second-order valence-corrected chi connectivity index (χ2v) is 2.34. The summed E-state index contributed by atoms with van der Waals surface area (Å²) in [5, 5.41) is 12.3. The standard InChI is InChI=1S/C6H10N2S/c1-5(4-7)6(8-2)9-3/h8H,1-3H3/b6-5-. The summed E-state index contributed by atoms with van der Waals surface area (Å²) in [6.45, 7) is 1.79. The Morgan fingerprint density at radius 1 is 1.67 bits per heavy atom. The van der Waals surface area contributed by atoms with E-state index in [2.05, 4.69) is 11.4 Å². The number of rotatable bonds is 2. The smallest absolute Gasteiger partial charge is 0.0971 e. The molecule has 0 aliphatic carbocycles. The third kappa shape index (κ3) is 2.43. The minimum atomic E-state index is 0.741. The van der Waals surface area contributed by atoms with Gasteiger partial charge in [-0.1, -0.05) is 0 Å². The van der Waals surface area contributed by atoms with E-state index in [4.69, 9.17) is 5.26 Å². The first-order valence-corrected chi connectivity index (χ1v) is 3.81. The number of hydrogen-bond acceptors (Lipinski definition) is 3. The molecule has 0 rings (SSSR count). The molecule has 2 nitrogen and oxygen atoms in total. The van der Waals surface area contributed by atoms with Crippen molar-refractivity contribution in [3.8, 4) is 6.07 Å². The molecule has 0 aliphatic rings. The Balaban J connectivity index is 4.23. The Morgan fingerprint density at radius 2 is 2.22 bits per heavy atom. The van der Waals surface area contributed by atoms with Gasteiger partial charge in [0.25, 0.3) is 0 Å². The molecule has 0 aromatic heterocycles. The molecule has 0 spiro atoms. The lowest BCUT2D eigenvalue weighted by Gasteiger charge is -2.01. The number of nitriles is 1. The summed E-state index contributed by atoms with van der Waals surface area (Å²) < 4.78 is 0. The fraction of sp³-hybridized carbons (Fsp3) is 0.500. The van der Waals surface area contributed by atoms with Crippen LogP contribution in [0.1, 0.15) is 6.92 Å². The van der Waals surface area contributed by atoms with Crippen molar-refractivity contribution in [2.45, 2.75) is 6.92 Å². The van der Waals surface area contributed by atoms with Crippen molar-refractivity contribution >= 4 is 11.8 Å². The summed E-state index contributed by atoms with van der Waals surface area (Å²) in [5.74, 6) is 0. The van der Waals surface area contributed by atoms with E-state index in [0.717, 1.165) is 10.6 Å². The quantitative estimate of drug-likeness (QED) is 0.591. The minimum absolute atomic E-state index is 0.741. The van der Waals surface area contributed by atoms with Crippen molar-refractivity contribution in [3.63, 3.8) is 0 Å². The van der Waals surface area contributed by atoms with Crippen LogP contribution in [0.2, 0.25) is 0 Å². The highest BCUT2D eigenvalue weighted by Crippen LogP contribution is 2.10. The van der Waals surface area contributed by atoms with Crippen LogP contribution < -0.4 is 5.32 Å². The van der Waals surface area contributed by atoms with Crippen LogP contribution in [0.25, 0.3) is 0 Å². The van der Waals surface area contributed by atoms with Crippen LogP contribution in [0, 0.1) is 11.3 Å². The molecule has 0 fully saturated rings. The number of nitrogens with zero attached hydrogens (tertiary/aromatic N) is 1. The van der Waals surface area contributed by atoms with Gasteiger partial charge in [0, 0.05) is 7.05 Å². The maximum Gasteiger partial charge on any atom is 0.0971 e. The van der Waals surface area contributed by atoms with Crippen LogP contribution in [0.5, 0.6) is 0 Å². The van der Waals surface area contributed by atoms with Gasteiger partial charge in [0.1, 0.15) is 0 Å². The van der Waals surface area contributed by atoms with Crippen molar-refractivity contribution in [1.29, 1.82) is 5.26 Å². The van der Waals surface area contributed by atoms with Gasteiger partial charge in [-0.15, -0.1) is 11.8 Å².